The second kappa shape index (κ2) is 7.10. The maximum absolute atomic E-state index is 11.7. The summed E-state index contributed by atoms with van der Waals surface area (Å²) in [4.78, 5) is 11.7. The van der Waals surface area contributed by atoms with Crippen molar-refractivity contribution in [1.82, 2.24) is 5.32 Å². The zero-order chi connectivity index (χ0) is 14.3. The fourth-order valence-corrected chi connectivity index (χ4v) is 1.51. The van der Waals surface area contributed by atoms with Crippen LogP contribution in [0.1, 0.15) is 29.6 Å². The minimum Gasteiger partial charge on any atom is -0.508 e. The summed E-state index contributed by atoms with van der Waals surface area (Å²) in [5.74, 6) is -0.562. The quantitative estimate of drug-likeness (QED) is 0.171. The van der Waals surface area contributed by atoms with E-state index in [-0.39, 0.29) is 28.8 Å². The van der Waals surface area contributed by atoms with E-state index in [2.05, 4.69) is 10.5 Å². The van der Waals surface area contributed by atoms with Crippen LogP contribution in [0.15, 0.2) is 23.4 Å². The fraction of sp³-hybridized carbons (Fsp3) is 0.333. The third kappa shape index (κ3) is 5.15. The van der Waals surface area contributed by atoms with Crippen LogP contribution in [-0.2, 0) is 0 Å². The van der Waals surface area contributed by atoms with Crippen LogP contribution in [-0.4, -0.2) is 33.7 Å². The number of oxime groups is 1. The van der Waals surface area contributed by atoms with Gasteiger partial charge in [-0.25, -0.2) is 0 Å². The molecule has 1 aromatic carbocycles. The van der Waals surface area contributed by atoms with Gasteiger partial charge in [-0.2, -0.15) is 0 Å². The van der Waals surface area contributed by atoms with E-state index in [1.54, 1.807) is 0 Å². The van der Waals surface area contributed by atoms with Crippen molar-refractivity contribution in [2.24, 2.45) is 10.9 Å². The third-order valence-electron chi connectivity index (χ3n) is 2.44. The number of hydrogen-bond acceptors (Lipinski definition) is 5. The number of aromatic hydroxyl groups is 2. The zero-order valence-corrected chi connectivity index (χ0v) is 10.3. The first-order valence-electron chi connectivity index (χ1n) is 5.80. The summed E-state index contributed by atoms with van der Waals surface area (Å²) in [5, 5.41) is 32.3. The van der Waals surface area contributed by atoms with Crippen LogP contribution in [0.4, 0.5) is 0 Å². The van der Waals surface area contributed by atoms with Crippen LogP contribution in [0, 0.1) is 0 Å². The van der Waals surface area contributed by atoms with Crippen molar-refractivity contribution < 1.29 is 20.2 Å². The SMILES string of the molecule is N/C(CCCCNC(=O)c1cc(O)cc(O)c1)=N/O. The highest BCUT2D eigenvalue weighted by atomic mass is 16.4. The smallest absolute Gasteiger partial charge is 0.251 e. The molecule has 0 aliphatic rings. The summed E-state index contributed by atoms with van der Waals surface area (Å²) in [6.07, 6.45) is 1.81. The predicted molar refractivity (Wildman–Crippen MR) is 69.4 cm³/mol. The standard InChI is InChI=1S/C12H17N3O4/c13-11(15-19)3-1-2-4-14-12(18)8-5-9(16)7-10(17)6-8/h5-7,16-17,19H,1-4H2,(H2,13,15)(H,14,18). The molecule has 0 aliphatic heterocycles. The van der Waals surface area contributed by atoms with Gasteiger partial charge in [-0.1, -0.05) is 5.16 Å². The molecule has 1 amide bonds. The Balaban J connectivity index is 2.35. The Morgan fingerprint density at radius 2 is 1.84 bits per heavy atom. The normalized spacial score (nSPS) is 11.3. The maximum atomic E-state index is 11.7. The van der Waals surface area contributed by atoms with Crippen molar-refractivity contribution >= 4 is 11.7 Å². The number of amides is 1. The Hall–Kier alpha value is -2.44. The molecule has 0 saturated carbocycles. The molecule has 0 bridgehead atoms. The molecule has 7 nitrogen and oxygen atoms in total. The average Bonchev–Trinajstić information content (AvgIpc) is 2.36. The molecule has 0 spiro atoms. The van der Waals surface area contributed by atoms with Crippen LogP contribution >= 0.6 is 0 Å². The number of phenols is 2. The number of unbranched alkanes of at least 4 members (excludes halogenated alkanes) is 1. The molecule has 0 fully saturated rings. The minimum absolute atomic E-state index is 0.157. The Kier molecular flexibility index (Phi) is 5.46. The number of hydrogen-bond donors (Lipinski definition) is 5. The molecule has 104 valence electrons. The van der Waals surface area contributed by atoms with E-state index in [0.29, 0.717) is 25.8 Å². The molecule has 6 N–H and O–H groups in total. The number of carbonyl (C=O) groups excluding carboxylic acids is 1. The molecule has 0 heterocycles. The lowest BCUT2D eigenvalue weighted by molar-refractivity contribution is 0.0952. The van der Waals surface area contributed by atoms with E-state index < -0.39 is 0 Å². The summed E-state index contributed by atoms with van der Waals surface area (Å²) in [6.45, 7) is 0.425. The van der Waals surface area contributed by atoms with Crippen molar-refractivity contribution in [3.05, 3.63) is 23.8 Å². The highest BCUT2D eigenvalue weighted by Gasteiger charge is 2.07. The summed E-state index contributed by atoms with van der Waals surface area (Å²) in [7, 11) is 0. The fourth-order valence-electron chi connectivity index (χ4n) is 1.51. The lowest BCUT2D eigenvalue weighted by atomic mass is 10.2. The largest absolute Gasteiger partial charge is 0.508 e. The number of nitrogens with two attached hydrogens (primary N) is 1. The lowest BCUT2D eigenvalue weighted by Gasteiger charge is -2.06. The monoisotopic (exact) mass is 267 g/mol. The molecule has 1 rings (SSSR count). The first kappa shape index (κ1) is 14.6. The topological polar surface area (TPSA) is 128 Å². The lowest BCUT2D eigenvalue weighted by Crippen LogP contribution is -2.24. The van der Waals surface area contributed by atoms with Gasteiger partial charge in [0.25, 0.3) is 5.91 Å². The molecule has 1 aromatic rings. The van der Waals surface area contributed by atoms with Crippen LogP contribution in [0.3, 0.4) is 0 Å². The Bertz CT molecular complexity index is 454. The van der Waals surface area contributed by atoms with Gasteiger partial charge in [0, 0.05) is 24.6 Å². The highest BCUT2D eigenvalue weighted by Crippen LogP contribution is 2.20. The Morgan fingerprint density at radius 1 is 1.21 bits per heavy atom. The average molecular weight is 267 g/mol. The van der Waals surface area contributed by atoms with Gasteiger partial charge >= 0.3 is 0 Å². The molecule has 0 aliphatic carbocycles. The molecule has 19 heavy (non-hydrogen) atoms. The van der Waals surface area contributed by atoms with E-state index >= 15 is 0 Å². The molecular formula is C12H17N3O4. The van der Waals surface area contributed by atoms with Gasteiger partial charge in [-0.05, 0) is 25.0 Å². The molecule has 0 unspecified atom stereocenters. The van der Waals surface area contributed by atoms with E-state index in [4.69, 9.17) is 10.9 Å². The van der Waals surface area contributed by atoms with Gasteiger partial charge in [-0.15, -0.1) is 0 Å². The van der Waals surface area contributed by atoms with Crippen molar-refractivity contribution in [3.63, 3.8) is 0 Å². The zero-order valence-electron chi connectivity index (χ0n) is 10.3. The van der Waals surface area contributed by atoms with Gasteiger partial charge in [0.05, 0.1) is 0 Å². The van der Waals surface area contributed by atoms with E-state index in [1.807, 2.05) is 0 Å². The minimum atomic E-state index is -0.380. The van der Waals surface area contributed by atoms with E-state index in [1.165, 1.54) is 12.1 Å². The number of nitrogens with zero attached hydrogens (tertiary/aromatic N) is 1. The van der Waals surface area contributed by atoms with Gasteiger partial charge in [-0.3, -0.25) is 4.79 Å². The van der Waals surface area contributed by atoms with Crippen molar-refractivity contribution in [1.29, 1.82) is 0 Å². The van der Waals surface area contributed by atoms with Crippen LogP contribution in [0.2, 0.25) is 0 Å². The number of carbonyl (C=O) groups is 1. The summed E-state index contributed by atoms with van der Waals surface area (Å²) in [6, 6.07) is 3.69. The van der Waals surface area contributed by atoms with Crippen LogP contribution in [0.25, 0.3) is 0 Å². The Labute approximate surface area is 110 Å². The number of benzene rings is 1. The molecule has 0 aromatic heterocycles. The summed E-state index contributed by atoms with van der Waals surface area (Å²) < 4.78 is 0. The van der Waals surface area contributed by atoms with Crippen molar-refractivity contribution in [2.45, 2.75) is 19.3 Å². The van der Waals surface area contributed by atoms with E-state index in [9.17, 15) is 15.0 Å². The number of nitrogens with one attached hydrogen (secondary N) is 1. The molecular weight excluding hydrogens is 250 g/mol. The van der Waals surface area contributed by atoms with Crippen molar-refractivity contribution in [3.8, 4) is 11.5 Å². The number of amidine groups is 1. The Morgan fingerprint density at radius 3 is 2.42 bits per heavy atom. The van der Waals surface area contributed by atoms with Gasteiger partial charge in [0.2, 0.25) is 0 Å². The highest BCUT2D eigenvalue weighted by molar-refractivity contribution is 5.95. The number of rotatable bonds is 6. The van der Waals surface area contributed by atoms with Gasteiger partial charge in [0.15, 0.2) is 0 Å². The predicted octanol–water partition coefficient (Wildman–Crippen LogP) is 0.744. The number of phenolic OH excluding ortho intramolecular Hbond substituents is 2. The maximum Gasteiger partial charge on any atom is 0.251 e. The third-order valence-corrected chi connectivity index (χ3v) is 2.44. The molecule has 0 radical (unpaired) electrons. The summed E-state index contributed by atoms with van der Waals surface area (Å²) in [5.41, 5.74) is 5.49. The molecule has 0 atom stereocenters. The first-order valence-corrected chi connectivity index (χ1v) is 5.80. The van der Waals surface area contributed by atoms with E-state index in [0.717, 1.165) is 6.07 Å². The molecule has 0 saturated heterocycles. The van der Waals surface area contributed by atoms with Crippen molar-refractivity contribution in [2.75, 3.05) is 6.54 Å². The first-order chi connectivity index (χ1) is 9.02. The van der Waals surface area contributed by atoms with Gasteiger partial charge in [0.1, 0.15) is 17.3 Å². The van der Waals surface area contributed by atoms with Gasteiger partial charge < -0.3 is 26.5 Å². The second-order valence-corrected chi connectivity index (χ2v) is 4.04. The van der Waals surface area contributed by atoms with Crippen LogP contribution in [0.5, 0.6) is 11.5 Å². The second-order valence-electron chi connectivity index (χ2n) is 4.04. The summed E-state index contributed by atoms with van der Waals surface area (Å²) >= 11 is 0. The van der Waals surface area contributed by atoms with Crippen LogP contribution < -0.4 is 11.1 Å². The molecule has 7 heteroatoms.